The number of amides is 1. The van der Waals surface area contributed by atoms with Crippen LogP contribution in [0.1, 0.15) is 29.7 Å². The highest BCUT2D eigenvalue weighted by atomic mass is 16.2. The average Bonchev–Trinajstić information content (AvgIpc) is 2.65. The Bertz CT molecular complexity index is 739. The molecule has 1 aromatic heterocycles. The molecule has 1 aromatic carbocycles. The largest absolute Gasteiger partial charge is 0.354 e. The number of hydrogen-bond donors (Lipinski definition) is 1. The fraction of sp³-hybridized carbons (Fsp3) is 0.429. The van der Waals surface area contributed by atoms with Gasteiger partial charge in [0, 0.05) is 32.4 Å². The third kappa shape index (κ3) is 4.61. The lowest BCUT2D eigenvalue weighted by atomic mass is 10.0. The van der Waals surface area contributed by atoms with Crippen LogP contribution in [-0.2, 0) is 4.79 Å². The van der Waals surface area contributed by atoms with Gasteiger partial charge in [-0.15, -0.1) is 0 Å². The molecule has 5 heteroatoms. The van der Waals surface area contributed by atoms with Crippen LogP contribution in [0, 0.1) is 13.8 Å². The van der Waals surface area contributed by atoms with Crippen molar-refractivity contribution in [1.29, 1.82) is 0 Å². The van der Waals surface area contributed by atoms with E-state index in [0.29, 0.717) is 6.54 Å². The molecule has 1 atom stereocenters. The Labute approximate surface area is 156 Å². The third-order valence-corrected chi connectivity index (χ3v) is 5.12. The van der Waals surface area contributed by atoms with Crippen molar-refractivity contribution in [2.45, 2.75) is 26.8 Å². The van der Waals surface area contributed by atoms with Crippen LogP contribution in [0.15, 0.2) is 42.6 Å². The number of rotatable bonds is 5. The number of pyridine rings is 1. The molecule has 2 aromatic rings. The van der Waals surface area contributed by atoms with E-state index in [9.17, 15) is 4.79 Å². The van der Waals surface area contributed by atoms with Crippen molar-refractivity contribution in [1.82, 2.24) is 15.2 Å². The monoisotopic (exact) mass is 352 g/mol. The van der Waals surface area contributed by atoms with Crippen LogP contribution < -0.4 is 10.2 Å². The molecule has 1 unspecified atom stereocenters. The van der Waals surface area contributed by atoms with Crippen LogP contribution in [-0.4, -0.2) is 48.5 Å². The molecule has 0 aliphatic carbocycles. The first kappa shape index (κ1) is 18.4. The molecule has 3 rings (SSSR count). The molecule has 1 aliphatic rings. The summed E-state index contributed by atoms with van der Waals surface area (Å²) < 4.78 is 0. The number of piperazine rings is 1. The highest BCUT2D eigenvalue weighted by molar-refractivity contribution is 5.78. The molecule has 1 fully saturated rings. The summed E-state index contributed by atoms with van der Waals surface area (Å²) in [7, 11) is 0. The standard InChI is InChI=1S/C21H28N4O/c1-16-7-8-19(14-17(16)2)18(3)23-21(26)15-24-10-12-25(13-11-24)20-6-4-5-9-22-20/h4-9,14,18H,10-13,15H2,1-3H3,(H,23,26). The number of nitrogens with zero attached hydrogens (tertiary/aromatic N) is 3. The molecule has 138 valence electrons. The first-order valence-electron chi connectivity index (χ1n) is 9.28. The number of aromatic nitrogens is 1. The summed E-state index contributed by atoms with van der Waals surface area (Å²) in [6.07, 6.45) is 1.82. The maximum atomic E-state index is 12.4. The number of anilines is 1. The molecular weight excluding hydrogens is 324 g/mol. The van der Waals surface area contributed by atoms with Gasteiger partial charge in [-0.3, -0.25) is 9.69 Å². The molecule has 0 saturated carbocycles. The van der Waals surface area contributed by atoms with Crippen molar-refractivity contribution in [2.24, 2.45) is 0 Å². The van der Waals surface area contributed by atoms with Gasteiger partial charge in [0.1, 0.15) is 5.82 Å². The topological polar surface area (TPSA) is 48.5 Å². The summed E-state index contributed by atoms with van der Waals surface area (Å²) in [5, 5.41) is 3.13. The van der Waals surface area contributed by atoms with E-state index in [1.807, 2.05) is 31.3 Å². The van der Waals surface area contributed by atoms with Gasteiger partial charge in [0.05, 0.1) is 12.6 Å². The highest BCUT2D eigenvalue weighted by Crippen LogP contribution is 2.17. The number of nitrogens with one attached hydrogen (secondary N) is 1. The highest BCUT2D eigenvalue weighted by Gasteiger charge is 2.20. The first-order valence-corrected chi connectivity index (χ1v) is 9.28. The van der Waals surface area contributed by atoms with E-state index in [0.717, 1.165) is 37.6 Å². The normalized spacial score (nSPS) is 16.3. The minimum absolute atomic E-state index is 0.0246. The first-order chi connectivity index (χ1) is 12.5. The van der Waals surface area contributed by atoms with Crippen LogP contribution in [0.5, 0.6) is 0 Å². The summed E-state index contributed by atoms with van der Waals surface area (Å²) in [5.41, 5.74) is 3.69. The molecule has 5 nitrogen and oxygen atoms in total. The van der Waals surface area contributed by atoms with E-state index in [2.05, 4.69) is 52.1 Å². The maximum Gasteiger partial charge on any atom is 0.234 e. The van der Waals surface area contributed by atoms with Crippen molar-refractivity contribution in [2.75, 3.05) is 37.6 Å². The van der Waals surface area contributed by atoms with Gasteiger partial charge in [-0.1, -0.05) is 24.3 Å². The second-order valence-electron chi connectivity index (χ2n) is 7.08. The molecular formula is C21H28N4O. The van der Waals surface area contributed by atoms with Gasteiger partial charge in [-0.25, -0.2) is 4.98 Å². The number of aryl methyl sites for hydroxylation is 2. The van der Waals surface area contributed by atoms with E-state index >= 15 is 0 Å². The molecule has 1 N–H and O–H groups in total. The maximum absolute atomic E-state index is 12.4. The zero-order chi connectivity index (χ0) is 18.5. The van der Waals surface area contributed by atoms with Crippen molar-refractivity contribution >= 4 is 11.7 Å². The lowest BCUT2D eigenvalue weighted by Crippen LogP contribution is -2.49. The third-order valence-electron chi connectivity index (χ3n) is 5.12. The zero-order valence-corrected chi connectivity index (χ0v) is 15.9. The van der Waals surface area contributed by atoms with Gasteiger partial charge in [0.15, 0.2) is 0 Å². The molecule has 1 aliphatic heterocycles. The summed E-state index contributed by atoms with van der Waals surface area (Å²) in [4.78, 5) is 21.3. The van der Waals surface area contributed by atoms with Crippen LogP contribution in [0.3, 0.4) is 0 Å². The summed E-state index contributed by atoms with van der Waals surface area (Å²) >= 11 is 0. The summed E-state index contributed by atoms with van der Waals surface area (Å²) in [5.74, 6) is 1.10. The van der Waals surface area contributed by atoms with Crippen LogP contribution >= 0.6 is 0 Å². The molecule has 26 heavy (non-hydrogen) atoms. The smallest absolute Gasteiger partial charge is 0.234 e. The van der Waals surface area contributed by atoms with Crippen LogP contribution in [0.4, 0.5) is 5.82 Å². The van der Waals surface area contributed by atoms with Gasteiger partial charge >= 0.3 is 0 Å². The van der Waals surface area contributed by atoms with Crippen molar-refractivity contribution in [3.05, 3.63) is 59.3 Å². The number of benzene rings is 1. The minimum Gasteiger partial charge on any atom is -0.354 e. The van der Waals surface area contributed by atoms with Crippen molar-refractivity contribution in [3.8, 4) is 0 Å². The van der Waals surface area contributed by atoms with E-state index < -0.39 is 0 Å². The predicted octanol–water partition coefficient (Wildman–Crippen LogP) is 2.70. The van der Waals surface area contributed by atoms with E-state index in [-0.39, 0.29) is 11.9 Å². The second-order valence-corrected chi connectivity index (χ2v) is 7.08. The number of carbonyl (C=O) groups is 1. The van der Waals surface area contributed by atoms with Crippen molar-refractivity contribution in [3.63, 3.8) is 0 Å². The fourth-order valence-corrected chi connectivity index (χ4v) is 3.28. The second kappa shape index (κ2) is 8.32. The molecule has 1 saturated heterocycles. The number of carbonyl (C=O) groups excluding carboxylic acids is 1. The Morgan fingerprint density at radius 2 is 1.88 bits per heavy atom. The Morgan fingerprint density at radius 3 is 2.54 bits per heavy atom. The van der Waals surface area contributed by atoms with Crippen molar-refractivity contribution < 1.29 is 4.79 Å². The molecule has 0 radical (unpaired) electrons. The van der Waals surface area contributed by atoms with Gasteiger partial charge in [-0.2, -0.15) is 0 Å². The lowest BCUT2D eigenvalue weighted by Gasteiger charge is -2.35. The Morgan fingerprint density at radius 1 is 1.12 bits per heavy atom. The van der Waals surface area contributed by atoms with Crippen LogP contribution in [0.25, 0.3) is 0 Å². The lowest BCUT2D eigenvalue weighted by molar-refractivity contribution is -0.123. The predicted molar refractivity (Wildman–Crippen MR) is 105 cm³/mol. The van der Waals surface area contributed by atoms with E-state index in [4.69, 9.17) is 0 Å². The fourth-order valence-electron chi connectivity index (χ4n) is 3.28. The average molecular weight is 352 g/mol. The molecule has 1 amide bonds. The van der Waals surface area contributed by atoms with Gasteiger partial charge in [-0.05, 0) is 49.6 Å². The molecule has 0 bridgehead atoms. The number of hydrogen-bond acceptors (Lipinski definition) is 4. The Kier molecular flexibility index (Phi) is 5.89. The summed E-state index contributed by atoms with van der Waals surface area (Å²) in [6.45, 7) is 10.3. The van der Waals surface area contributed by atoms with Gasteiger partial charge < -0.3 is 10.2 Å². The molecule has 2 heterocycles. The quantitative estimate of drug-likeness (QED) is 0.899. The Hall–Kier alpha value is -2.40. The van der Waals surface area contributed by atoms with Crippen LogP contribution in [0.2, 0.25) is 0 Å². The Balaban J connectivity index is 1.47. The minimum atomic E-state index is 0.0246. The van der Waals surface area contributed by atoms with E-state index in [1.165, 1.54) is 11.1 Å². The SMILES string of the molecule is Cc1ccc(C(C)NC(=O)CN2CCN(c3ccccn3)CC2)cc1C. The van der Waals surface area contributed by atoms with E-state index in [1.54, 1.807) is 0 Å². The van der Waals surface area contributed by atoms with Gasteiger partial charge in [0.25, 0.3) is 0 Å². The zero-order valence-electron chi connectivity index (χ0n) is 15.9. The molecule has 0 spiro atoms. The van der Waals surface area contributed by atoms with Gasteiger partial charge in [0.2, 0.25) is 5.91 Å². The summed E-state index contributed by atoms with van der Waals surface area (Å²) in [6, 6.07) is 12.4.